The zero-order valence-electron chi connectivity index (χ0n) is 15.4. The van der Waals surface area contributed by atoms with Crippen molar-refractivity contribution in [2.75, 3.05) is 0 Å². The molecule has 8 heteroatoms. The van der Waals surface area contributed by atoms with Crippen molar-refractivity contribution in [3.8, 4) is 11.3 Å². The van der Waals surface area contributed by atoms with Gasteiger partial charge < -0.3 is 4.57 Å². The number of benzene rings is 2. The van der Waals surface area contributed by atoms with E-state index in [-0.39, 0.29) is 5.69 Å². The second kappa shape index (κ2) is 8.50. The van der Waals surface area contributed by atoms with Gasteiger partial charge in [-0.05, 0) is 43.2 Å². The summed E-state index contributed by atoms with van der Waals surface area (Å²) >= 11 is 7.48. The summed E-state index contributed by atoms with van der Waals surface area (Å²) in [5.74, 6) is -0.427. The second-order valence-electron chi connectivity index (χ2n) is 5.98. The van der Waals surface area contributed by atoms with Gasteiger partial charge in [0.25, 0.3) is 11.6 Å². The van der Waals surface area contributed by atoms with Crippen LogP contribution in [0, 0.1) is 10.1 Å². The van der Waals surface area contributed by atoms with Crippen LogP contribution in [0.4, 0.5) is 5.69 Å². The van der Waals surface area contributed by atoms with Crippen molar-refractivity contribution < 1.29 is 9.72 Å². The van der Waals surface area contributed by atoms with Crippen molar-refractivity contribution in [1.82, 2.24) is 4.57 Å². The number of thiazole rings is 1. The normalized spacial score (nSPS) is 11.6. The Morgan fingerprint density at radius 2 is 1.79 bits per heavy atom. The Morgan fingerprint density at radius 3 is 2.32 bits per heavy atom. The molecule has 0 aliphatic heterocycles. The summed E-state index contributed by atoms with van der Waals surface area (Å²) in [4.78, 5) is 28.9. The number of carbonyl (C=O) groups is 1. The molecular formula is C20H18ClN3O3S. The van der Waals surface area contributed by atoms with Crippen LogP contribution >= 0.6 is 22.9 Å². The topological polar surface area (TPSA) is 77.5 Å². The van der Waals surface area contributed by atoms with E-state index in [1.807, 2.05) is 35.8 Å². The molecule has 6 nitrogen and oxygen atoms in total. The Balaban J connectivity index is 2.07. The Labute approximate surface area is 170 Å². The molecule has 1 heterocycles. The van der Waals surface area contributed by atoms with E-state index in [2.05, 4.69) is 11.9 Å². The van der Waals surface area contributed by atoms with Crippen LogP contribution in [0.15, 0.2) is 53.5 Å². The summed E-state index contributed by atoms with van der Waals surface area (Å²) in [5, 5.41) is 11.4. The molecule has 0 radical (unpaired) electrons. The number of aryl methyl sites for hydroxylation is 1. The average Bonchev–Trinajstić information content (AvgIpc) is 3.05. The van der Waals surface area contributed by atoms with Crippen LogP contribution in [0.5, 0.6) is 0 Å². The van der Waals surface area contributed by atoms with Crippen molar-refractivity contribution in [3.63, 3.8) is 0 Å². The fourth-order valence-corrected chi connectivity index (χ4v) is 4.15. The van der Waals surface area contributed by atoms with Gasteiger partial charge in [0.2, 0.25) is 0 Å². The highest BCUT2D eigenvalue weighted by atomic mass is 35.5. The summed E-state index contributed by atoms with van der Waals surface area (Å²) in [6.45, 7) is 4.72. The van der Waals surface area contributed by atoms with E-state index in [4.69, 9.17) is 11.6 Å². The zero-order valence-corrected chi connectivity index (χ0v) is 17.0. The molecule has 0 bridgehead atoms. The minimum Gasteiger partial charge on any atom is -0.316 e. The summed E-state index contributed by atoms with van der Waals surface area (Å²) < 4.78 is 2.01. The number of hydrogen-bond donors (Lipinski definition) is 0. The number of hydrogen-bond acceptors (Lipinski definition) is 4. The highest BCUT2D eigenvalue weighted by Gasteiger charge is 2.15. The van der Waals surface area contributed by atoms with Gasteiger partial charge in [0.15, 0.2) is 4.80 Å². The van der Waals surface area contributed by atoms with Gasteiger partial charge in [0, 0.05) is 34.1 Å². The summed E-state index contributed by atoms with van der Waals surface area (Å²) in [6.07, 6.45) is 0.809. The molecule has 0 saturated carbocycles. The number of halogens is 1. The molecule has 0 aliphatic rings. The number of aromatic nitrogens is 1. The van der Waals surface area contributed by atoms with Gasteiger partial charge in [0.1, 0.15) is 0 Å². The maximum atomic E-state index is 12.6. The lowest BCUT2D eigenvalue weighted by molar-refractivity contribution is -0.384. The van der Waals surface area contributed by atoms with Crippen LogP contribution in [-0.4, -0.2) is 15.4 Å². The van der Waals surface area contributed by atoms with E-state index >= 15 is 0 Å². The lowest BCUT2D eigenvalue weighted by Crippen LogP contribution is -2.17. The lowest BCUT2D eigenvalue weighted by Gasteiger charge is -2.08. The first-order valence-corrected chi connectivity index (χ1v) is 9.96. The molecule has 3 rings (SSSR count). The predicted molar refractivity (Wildman–Crippen MR) is 111 cm³/mol. The molecule has 144 valence electrons. The minimum atomic E-state index is -0.498. The SMILES string of the molecule is CCc1sc(=NC(=O)c2ccc([N+](=O)[O-])cc2)n(CC)c1-c1ccc(Cl)cc1. The maximum absolute atomic E-state index is 12.6. The summed E-state index contributed by atoms with van der Waals surface area (Å²) in [7, 11) is 0. The van der Waals surface area contributed by atoms with E-state index in [1.54, 1.807) is 0 Å². The van der Waals surface area contributed by atoms with E-state index in [0.717, 1.165) is 22.6 Å². The van der Waals surface area contributed by atoms with Crippen molar-refractivity contribution in [1.29, 1.82) is 0 Å². The highest BCUT2D eigenvalue weighted by Crippen LogP contribution is 2.27. The van der Waals surface area contributed by atoms with Gasteiger partial charge in [-0.1, -0.05) is 30.7 Å². The molecule has 0 spiro atoms. The third-order valence-electron chi connectivity index (χ3n) is 4.26. The first-order valence-electron chi connectivity index (χ1n) is 8.76. The number of nitro groups is 1. The third kappa shape index (κ3) is 4.05. The van der Waals surface area contributed by atoms with Crippen molar-refractivity contribution in [3.05, 3.63) is 78.9 Å². The number of carbonyl (C=O) groups excluding carboxylic acids is 1. The monoisotopic (exact) mass is 415 g/mol. The summed E-state index contributed by atoms with van der Waals surface area (Å²) in [5.41, 5.74) is 2.30. The quantitative estimate of drug-likeness (QED) is 0.429. The van der Waals surface area contributed by atoms with Gasteiger partial charge >= 0.3 is 0 Å². The van der Waals surface area contributed by atoms with Crippen molar-refractivity contribution in [2.24, 2.45) is 4.99 Å². The molecule has 0 atom stereocenters. The molecule has 0 fully saturated rings. The largest absolute Gasteiger partial charge is 0.316 e. The third-order valence-corrected chi connectivity index (χ3v) is 5.73. The minimum absolute atomic E-state index is 0.0606. The van der Waals surface area contributed by atoms with Crippen LogP contribution in [0.3, 0.4) is 0 Å². The molecule has 0 unspecified atom stereocenters. The smallest absolute Gasteiger partial charge is 0.279 e. The molecule has 3 aromatic rings. The number of nitro benzene ring substituents is 1. The summed E-state index contributed by atoms with van der Waals surface area (Å²) in [6, 6.07) is 13.1. The van der Waals surface area contributed by atoms with Crippen LogP contribution in [-0.2, 0) is 13.0 Å². The number of nitrogens with zero attached hydrogens (tertiary/aromatic N) is 3. The molecule has 0 aliphatic carbocycles. The van der Waals surface area contributed by atoms with Crippen molar-refractivity contribution in [2.45, 2.75) is 26.8 Å². The van der Waals surface area contributed by atoms with Gasteiger partial charge in [-0.25, -0.2) is 0 Å². The Kier molecular flexibility index (Phi) is 6.06. The standard InChI is InChI=1S/C20H18ClN3O3S/c1-3-17-18(13-5-9-15(21)10-6-13)23(4-2)20(28-17)22-19(25)14-7-11-16(12-8-14)24(26)27/h5-12H,3-4H2,1-2H3. The molecule has 2 aromatic carbocycles. The van der Waals surface area contributed by atoms with Gasteiger partial charge in [0.05, 0.1) is 10.6 Å². The molecular weight excluding hydrogens is 398 g/mol. The predicted octanol–water partition coefficient (Wildman–Crippen LogP) is 5.10. The lowest BCUT2D eigenvalue weighted by atomic mass is 10.1. The Bertz CT molecular complexity index is 1080. The van der Waals surface area contributed by atoms with E-state index in [1.165, 1.54) is 35.6 Å². The molecule has 1 aromatic heterocycles. The van der Waals surface area contributed by atoms with E-state index in [0.29, 0.717) is 21.9 Å². The van der Waals surface area contributed by atoms with Crippen LogP contribution in [0.2, 0.25) is 5.02 Å². The number of rotatable bonds is 5. The van der Waals surface area contributed by atoms with Gasteiger partial charge in [-0.2, -0.15) is 4.99 Å². The van der Waals surface area contributed by atoms with Gasteiger partial charge in [-0.3, -0.25) is 14.9 Å². The van der Waals surface area contributed by atoms with E-state index in [9.17, 15) is 14.9 Å². The number of non-ortho nitro benzene ring substituents is 1. The fraction of sp³-hybridized carbons (Fsp3) is 0.200. The van der Waals surface area contributed by atoms with Crippen molar-refractivity contribution >= 4 is 34.5 Å². The molecule has 0 saturated heterocycles. The molecule has 1 amide bonds. The Morgan fingerprint density at radius 1 is 1.14 bits per heavy atom. The molecule has 0 N–H and O–H groups in total. The first-order chi connectivity index (χ1) is 13.4. The average molecular weight is 416 g/mol. The number of amides is 1. The van der Waals surface area contributed by atoms with Crippen LogP contribution < -0.4 is 4.80 Å². The highest BCUT2D eigenvalue weighted by molar-refractivity contribution is 7.09. The fourth-order valence-electron chi connectivity index (χ4n) is 2.88. The van der Waals surface area contributed by atoms with Gasteiger partial charge in [-0.15, -0.1) is 11.3 Å². The maximum Gasteiger partial charge on any atom is 0.279 e. The first kappa shape index (κ1) is 20.0. The van der Waals surface area contributed by atoms with Crippen LogP contribution in [0.25, 0.3) is 11.3 Å². The molecule has 28 heavy (non-hydrogen) atoms. The van der Waals surface area contributed by atoms with Crippen LogP contribution in [0.1, 0.15) is 29.1 Å². The Hall–Kier alpha value is -2.77. The van der Waals surface area contributed by atoms with E-state index < -0.39 is 10.8 Å². The zero-order chi connectivity index (χ0) is 20.3. The second-order valence-corrected chi connectivity index (χ2v) is 7.48.